The summed E-state index contributed by atoms with van der Waals surface area (Å²) in [5.41, 5.74) is 1.19. The van der Waals surface area contributed by atoms with Gasteiger partial charge in [-0.2, -0.15) is 5.26 Å². The largest absolute Gasteiger partial charge is 0.497 e. The fourth-order valence-corrected chi connectivity index (χ4v) is 6.32. The maximum absolute atomic E-state index is 12.9. The van der Waals surface area contributed by atoms with Gasteiger partial charge in [-0.1, -0.05) is 12.1 Å². The summed E-state index contributed by atoms with van der Waals surface area (Å²) in [6.45, 7) is 3.20. The molecule has 4 rings (SSSR count). The van der Waals surface area contributed by atoms with Gasteiger partial charge in [0.1, 0.15) is 17.6 Å². The number of methoxy groups -OCH3 is 1. The molecule has 1 N–H and O–H groups in total. The normalized spacial score (nSPS) is 16.1. The van der Waals surface area contributed by atoms with Crippen molar-refractivity contribution in [1.82, 2.24) is 14.6 Å². The van der Waals surface area contributed by atoms with E-state index in [1.165, 1.54) is 13.2 Å². The minimum absolute atomic E-state index is 0.0162. The van der Waals surface area contributed by atoms with Crippen LogP contribution in [-0.2, 0) is 36.6 Å². The van der Waals surface area contributed by atoms with Gasteiger partial charge < -0.3 is 19.3 Å². The van der Waals surface area contributed by atoms with Gasteiger partial charge in [0.15, 0.2) is 0 Å². The predicted molar refractivity (Wildman–Crippen MR) is 153 cm³/mol. The minimum Gasteiger partial charge on any atom is -0.497 e. The fraction of sp³-hybridized carbons (Fsp3) is 0.483. The van der Waals surface area contributed by atoms with Crippen molar-refractivity contribution in [2.75, 3.05) is 38.3 Å². The zero-order valence-electron chi connectivity index (χ0n) is 23.8. The highest BCUT2D eigenvalue weighted by Gasteiger charge is 2.31. The monoisotopic (exact) mass is 597 g/mol. The number of ether oxygens (including phenoxy) is 2. The second-order valence-corrected chi connectivity index (χ2v) is 12.0. The molecule has 13 heteroatoms. The topological polar surface area (TPSA) is 159 Å². The number of nitrogens with one attached hydrogen (secondary N) is 1. The van der Waals surface area contributed by atoms with Crippen LogP contribution in [0.4, 0.5) is 5.82 Å². The number of nitriles is 1. The van der Waals surface area contributed by atoms with Gasteiger partial charge in [0.05, 0.1) is 42.8 Å². The number of benzene rings is 1. The molecule has 12 nitrogen and oxygen atoms in total. The molecule has 0 radical (unpaired) electrons. The third kappa shape index (κ3) is 7.55. The number of hydrogen-bond donors (Lipinski definition) is 1. The number of aromatic nitrogens is 1. The standard InChI is InChI=1S/C29H35N5O7S/c1-3-41-29(37)24-16-22(17-30)27(31-25(24)18-34-13-5-4-6-26(34)35)33-14-11-21(12-15-33)28(36)32-42(38,39)19-20-7-9-23(40-2)10-8-20/h7-10,16,21H,3-6,11-15,18-19H2,1-2H3,(H,32,36). The Labute approximate surface area is 245 Å². The SMILES string of the molecule is CCOC(=O)c1cc(C#N)c(N2CCC(C(=O)NS(=O)(=O)Cc3ccc(OC)cc3)CC2)nc1CN1CCCCC1=O. The number of anilines is 1. The molecule has 0 spiro atoms. The molecule has 42 heavy (non-hydrogen) atoms. The summed E-state index contributed by atoms with van der Waals surface area (Å²) in [6.07, 6.45) is 2.79. The highest BCUT2D eigenvalue weighted by Crippen LogP contribution is 2.28. The van der Waals surface area contributed by atoms with E-state index >= 15 is 0 Å². The van der Waals surface area contributed by atoms with Crippen LogP contribution in [0.2, 0.25) is 0 Å². The van der Waals surface area contributed by atoms with Crippen molar-refractivity contribution in [2.24, 2.45) is 5.92 Å². The van der Waals surface area contributed by atoms with Crippen LogP contribution < -0.4 is 14.4 Å². The van der Waals surface area contributed by atoms with Crippen LogP contribution in [0, 0.1) is 17.2 Å². The van der Waals surface area contributed by atoms with Crippen molar-refractivity contribution >= 4 is 33.6 Å². The molecule has 0 aliphatic carbocycles. The first-order valence-electron chi connectivity index (χ1n) is 13.9. The van der Waals surface area contributed by atoms with Gasteiger partial charge in [0.2, 0.25) is 21.8 Å². The average Bonchev–Trinajstić information content (AvgIpc) is 2.98. The summed E-state index contributed by atoms with van der Waals surface area (Å²) in [5, 5.41) is 9.89. The molecule has 2 saturated heterocycles. The Balaban J connectivity index is 1.46. The van der Waals surface area contributed by atoms with Gasteiger partial charge in [-0.05, 0) is 56.4 Å². The highest BCUT2D eigenvalue weighted by molar-refractivity contribution is 7.89. The predicted octanol–water partition coefficient (Wildman–Crippen LogP) is 2.51. The maximum atomic E-state index is 12.9. The summed E-state index contributed by atoms with van der Waals surface area (Å²) in [7, 11) is -2.39. The molecule has 0 unspecified atom stereocenters. The molecule has 2 fully saturated rings. The zero-order chi connectivity index (χ0) is 30.3. The summed E-state index contributed by atoms with van der Waals surface area (Å²) < 4.78 is 37.8. The molecule has 2 amide bonds. The van der Waals surface area contributed by atoms with E-state index in [0.717, 1.165) is 12.8 Å². The number of pyridine rings is 1. The van der Waals surface area contributed by atoms with Gasteiger partial charge in [0, 0.05) is 32.0 Å². The molecule has 1 aromatic heterocycles. The number of amides is 2. The first-order chi connectivity index (χ1) is 20.1. The number of esters is 1. The average molecular weight is 598 g/mol. The Morgan fingerprint density at radius 1 is 1.14 bits per heavy atom. The molecule has 2 aliphatic rings. The molecule has 1 aromatic carbocycles. The van der Waals surface area contributed by atoms with Crippen LogP contribution in [0.15, 0.2) is 30.3 Å². The third-order valence-electron chi connectivity index (χ3n) is 7.40. The van der Waals surface area contributed by atoms with Crippen LogP contribution in [0.5, 0.6) is 5.75 Å². The fourth-order valence-electron chi connectivity index (χ4n) is 5.15. The van der Waals surface area contributed by atoms with E-state index in [0.29, 0.717) is 61.7 Å². The van der Waals surface area contributed by atoms with E-state index < -0.39 is 27.8 Å². The van der Waals surface area contributed by atoms with E-state index in [4.69, 9.17) is 14.5 Å². The minimum atomic E-state index is -3.91. The van der Waals surface area contributed by atoms with Gasteiger partial charge in [-0.15, -0.1) is 0 Å². The highest BCUT2D eigenvalue weighted by atomic mass is 32.2. The van der Waals surface area contributed by atoms with Gasteiger partial charge in [0.25, 0.3) is 0 Å². The molecular weight excluding hydrogens is 562 g/mol. The van der Waals surface area contributed by atoms with Crippen molar-refractivity contribution in [2.45, 2.75) is 51.3 Å². The lowest BCUT2D eigenvalue weighted by Gasteiger charge is -2.33. The Kier molecular flexibility index (Phi) is 10.0. The molecule has 0 saturated carbocycles. The molecular formula is C29H35N5O7S. The van der Waals surface area contributed by atoms with Crippen molar-refractivity contribution in [3.63, 3.8) is 0 Å². The number of nitrogens with zero attached hydrogens (tertiary/aromatic N) is 4. The van der Waals surface area contributed by atoms with Crippen molar-refractivity contribution in [1.29, 1.82) is 5.26 Å². The number of likely N-dealkylation sites (tertiary alicyclic amines) is 1. The first kappa shape index (κ1) is 30.8. The van der Waals surface area contributed by atoms with Crippen LogP contribution in [0.25, 0.3) is 0 Å². The van der Waals surface area contributed by atoms with E-state index in [2.05, 4.69) is 10.8 Å². The van der Waals surface area contributed by atoms with Crippen LogP contribution in [0.1, 0.15) is 66.2 Å². The lowest BCUT2D eigenvalue weighted by Crippen LogP contribution is -2.43. The number of carbonyl (C=O) groups excluding carboxylic acids is 3. The summed E-state index contributed by atoms with van der Waals surface area (Å²) in [4.78, 5) is 46.3. The lowest BCUT2D eigenvalue weighted by atomic mass is 9.96. The van der Waals surface area contributed by atoms with Gasteiger partial charge in [-0.25, -0.2) is 18.2 Å². The van der Waals surface area contributed by atoms with E-state index in [1.54, 1.807) is 36.1 Å². The third-order valence-corrected chi connectivity index (χ3v) is 8.62. The number of sulfonamides is 1. The quantitative estimate of drug-likeness (QED) is 0.403. The number of hydrogen-bond acceptors (Lipinski definition) is 10. The summed E-state index contributed by atoms with van der Waals surface area (Å²) >= 11 is 0. The molecule has 0 atom stereocenters. The molecule has 0 bridgehead atoms. The Morgan fingerprint density at radius 3 is 2.48 bits per heavy atom. The van der Waals surface area contributed by atoms with Gasteiger partial charge in [-0.3, -0.25) is 14.3 Å². The Morgan fingerprint density at radius 2 is 1.86 bits per heavy atom. The second-order valence-electron chi connectivity index (χ2n) is 10.3. The Bertz CT molecular complexity index is 1460. The molecule has 3 heterocycles. The van der Waals surface area contributed by atoms with Crippen LogP contribution in [-0.4, -0.2) is 69.4 Å². The smallest absolute Gasteiger partial charge is 0.340 e. The van der Waals surface area contributed by atoms with Crippen molar-refractivity contribution in [3.05, 3.63) is 52.7 Å². The maximum Gasteiger partial charge on any atom is 0.340 e. The molecule has 2 aliphatic heterocycles. The van der Waals surface area contributed by atoms with Crippen LogP contribution in [0.3, 0.4) is 0 Å². The summed E-state index contributed by atoms with van der Waals surface area (Å²) in [5.74, 6) is -1.12. The van der Waals surface area contributed by atoms with Crippen LogP contribution >= 0.6 is 0 Å². The van der Waals surface area contributed by atoms with E-state index in [1.807, 2.05) is 4.90 Å². The van der Waals surface area contributed by atoms with Crippen molar-refractivity contribution in [3.8, 4) is 11.8 Å². The lowest BCUT2D eigenvalue weighted by molar-refractivity contribution is -0.134. The number of rotatable bonds is 10. The number of piperidine rings is 2. The van der Waals surface area contributed by atoms with E-state index in [9.17, 15) is 28.1 Å². The van der Waals surface area contributed by atoms with E-state index in [-0.39, 0.29) is 35.9 Å². The zero-order valence-corrected chi connectivity index (χ0v) is 24.6. The van der Waals surface area contributed by atoms with Crippen molar-refractivity contribution < 1.29 is 32.3 Å². The van der Waals surface area contributed by atoms with Gasteiger partial charge >= 0.3 is 5.97 Å². The first-order valence-corrected chi connectivity index (χ1v) is 15.6. The number of carbonyl (C=O) groups is 3. The molecule has 2 aromatic rings. The Hall–Kier alpha value is -4.18. The molecule has 224 valence electrons. The summed E-state index contributed by atoms with van der Waals surface area (Å²) in [6, 6.07) is 10.1. The second kappa shape index (κ2) is 13.7.